The topological polar surface area (TPSA) is 50.7 Å². The number of nitrogens with zero attached hydrogens (tertiary/aromatic N) is 1. The summed E-state index contributed by atoms with van der Waals surface area (Å²) in [5.41, 5.74) is 0.876. The van der Waals surface area contributed by atoms with Crippen LogP contribution in [-0.4, -0.2) is 25.5 Å². The normalized spacial score (nSPS) is 12.4. The molecule has 0 saturated carbocycles. The highest BCUT2D eigenvalue weighted by Crippen LogP contribution is 2.15. The Hall–Kier alpha value is -1.91. The summed E-state index contributed by atoms with van der Waals surface area (Å²) < 4.78 is 18.6. The molecule has 0 bridgehead atoms. The number of ether oxygens (including phenoxy) is 1. The van der Waals surface area contributed by atoms with Crippen molar-refractivity contribution in [3.05, 3.63) is 35.3 Å². The summed E-state index contributed by atoms with van der Waals surface area (Å²) in [4.78, 5) is 15.3. The number of amidine groups is 1. The number of allylic oxidation sites excluding steroid dienone is 2. The molecule has 0 heterocycles. The van der Waals surface area contributed by atoms with Gasteiger partial charge in [0, 0.05) is 7.05 Å². The maximum Gasteiger partial charge on any atom is 0.340 e. The standard InChI is InChI=1S/C14H21FN2O2/c1-7-19-14(18)10(4)13(15)11(5)17-12(16-6)8-9(2)3/h8H,4,7H2,1-3,5-6H3,(H,16,17)/b13-11-. The molecule has 0 aromatic heterocycles. The van der Waals surface area contributed by atoms with E-state index in [9.17, 15) is 9.18 Å². The van der Waals surface area contributed by atoms with E-state index in [0.29, 0.717) is 5.84 Å². The highest BCUT2D eigenvalue weighted by molar-refractivity contribution is 5.95. The Morgan fingerprint density at radius 1 is 1.42 bits per heavy atom. The summed E-state index contributed by atoms with van der Waals surface area (Å²) in [7, 11) is 1.59. The number of hydrogen-bond donors (Lipinski definition) is 1. The molecule has 4 nitrogen and oxygen atoms in total. The number of nitrogens with one attached hydrogen (secondary N) is 1. The van der Waals surface area contributed by atoms with Gasteiger partial charge in [-0.25, -0.2) is 9.18 Å². The lowest BCUT2D eigenvalue weighted by atomic mass is 10.2. The maximum absolute atomic E-state index is 13.9. The van der Waals surface area contributed by atoms with Crippen molar-refractivity contribution in [3.8, 4) is 0 Å². The van der Waals surface area contributed by atoms with Gasteiger partial charge < -0.3 is 10.1 Å². The van der Waals surface area contributed by atoms with Crippen LogP contribution < -0.4 is 5.32 Å². The molecule has 0 radical (unpaired) electrons. The fourth-order valence-corrected chi connectivity index (χ4v) is 1.21. The number of aliphatic imine (C=N–C) groups is 1. The molecule has 1 N–H and O–H groups in total. The van der Waals surface area contributed by atoms with Gasteiger partial charge in [0.05, 0.1) is 17.9 Å². The first-order chi connectivity index (χ1) is 8.83. The third-order valence-electron chi connectivity index (χ3n) is 2.10. The number of rotatable bonds is 5. The van der Waals surface area contributed by atoms with Crippen LogP contribution in [0.25, 0.3) is 0 Å². The number of esters is 1. The van der Waals surface area contributed by atoms with Crippen molar-refractivity contribution >= 4 is 11.8 Å². The van der Waals surface area contributed by atoms with E-state index in [-0.39, 0.29) is 17.9 Å². The molecule has 0 aromatic carbocycles. The maximum atomic E-state index is 13.9. The highest BCUT2D eigenvalue weighted by atomic mass is 19.1. The Kier molecular flexibility index (Phi) is 7.41. The first-order valence-corrected chi connectivity index (χ1v) is 5.94. The second-order valence-electron chi connectivity index (χ2n) is 4.09. The van der Waals surface area contributed by atoms with Crippen molar-refractivity contribution in [1.29, 1.82) is 0 Å². The molecule has 5 heteroatoms. The average Bonchev–Trinajstić information content (AvgIpc) is 2.35. The van der Waals surface area contributed by atoms with Gasteiger partial charge in [0.15, 0.2) is 5.83 Å². The van der Waals surface area contributed by atoms with Gasteiger partial charge in [0.1, 0.15) is 5.84 Å². The molecule has 0 fully saturated rings. The predicted molar refractivity (Wildman–Crippen MR) is 75.5 cm³/mol. The largest absolute Gasteiger partial charge is 0.462 e. The third-order valence-corrected chi connectivity index (χ3v) is 2.10. The van der Waals surface area contributed by atoms with E-state index in [1.165, 1.54) is 6.92 Å². The molecule has 0 aliphatic carbocycles. The molecule has 0 saturated heterocycles. The lowest BCUT2D eigenvalue weighted by Crippen LogP contribution is -2.21. The van der Waals surface area contributed by atoms with Crippen molar-refractivity contribution < 1.29 is 13.9 Å². The van der Waals surface area contributed by atoms with E-state index < -0.39 is 11.8 Å². The lowest BCUT2D eigenvalue weighted by molar-refractivity contribution is -0.138. The lowest BCUT2D eigenvalue weighted by Gasteiger charge is -2.10. The zero-order chi connectivity index (χ0) is 15.0. The predicted octanol–water partition coefficient (Wildman–Crippen LogP) is 2.89. The van der Waals surface area contributed by atoms with Crippen LogP contribution in [0.2, 0.25) is 0 Å². The minimum atomic E-state index is -0.765. The van der Waals surface area contributed by atoms with Gasteiger partial charge in [-0.1, -0.05) is 12.2 Å². The van der Waals surface area contributed by atoms with Crippen LogP contribution in [0.4, 0.5) is 4.39 Å². The molecule has 0 aromatic rings. The molecule has 0 amide bonds. The molecule has 0 unspecified atom stereocenters. The SMILES string of the molecule is C=C(C(=O)OCC)/C(F)=C(\C)N/C(C=C(C)C)=N/C. The molecule has 0 aliphatic heterocycles. The minimum Gasteiger partial charge on any atom is -0.462 e. The van der Waals surface area contributed by atoms with Gasteiger partial charge in [-0.2, -0.15) is 0 Å². The van der Waals surface area contributed by atoms with Crippen LogP contribution in [0, 0.1) is 0 Å². The number of halogens is 1. The molecule has 106 valence electrons. The molecule has 19 heavy (non-hydrogen) atoms. The van der Waals surface area contributed by atoms with E-state index in [2.05, 4.69) is 21.6 Å². The van der Waals surface area contributed by atoms with Gasteiger partial charge in [-0.15, -0.1) is 0 Å². The minimum absolute atomic E-state index is 0.163. The van der Waals surface area contributed by atoms with Crippen LogP contribution in [0.5, 0.6) is 0 Å². The van der Waals surface area contributed by atoms with E-state index in [4.69, 9.17) is 0 Å². The van der Waals surface area contributed by atoms with Crippen molar-refractivity contribution in [2.45, 2.75) is 27.7 Å². The molecular weight excluding hydrogens is 247 g/mol. The summed E-state index contributed by atoms with van der Waals surface area (Å²) >= 11 is 0. The average molecular weight is 268 g/mol. The van der Waals surface area contributed by atoms with Gasteiger partial charge in [0.2, 0.25) is 0 Å². The molecule has 0 rings (SSSR count). The molecule has 0 atom stereocenters. The number of carbonyl (C=O) groups excluding carboxylic acids is 1. The van der Waals surface area contributed by atoms with Gasteiger partial charge in [0.25, 0.3) is 0 Å². The Balaban J connectivity index is 5.00. The van der Waals surface area contributed by atoms with E-state index in [0.717, 1.165) is 5.57 Å². The first-order valence-electron chi connectivity index (χ1n) is 5.94. The zero-order valence-electron chi connectivity index (χ0n) is 12.1. The molecular formula is C14H21FN2O2. The summed E-state index contributed by atoms with van der Waals surface area (Å²) in [5.74, 6) is -0.996. The number of carbonyl (C=O) groups is 1. The second-order valence-corrected chi connectivity index (χ2v) is 4.09. The van der Waals surface area contributed by atoms with E-state index in [1.807, 2.05) is 13.8 Å². The fourth-order valence-electron chi connectivity index (χ4n) is 1.21. The van der Waals surface area contributed by atoms with Crippen LogP contribution >= 0.6 is 0 Å². The zero-order valence-corrected chi connectivity index (χ0v) is 12.1. The number of hydrogen-bond acceptors (Lipinski definition) is 3. The van der Waals surface area contributed by atoms with E-state index in [1.54, 1.807) is 20.0 Å². The van der Waals surface area contributed by atoms with Crippen molar-refractivity contribution in [2.24, 2.45) is 4.99 Å². The summed E-state index contributed by atoms with van der Waals surface area (Å²) in [6.07, 6.45) is 1.77. The Labute approximate surface area is 113 Å². The van der Waals surface area contributed by atoms with Crippen LogP contribution in [-0.2, 0) is 9.53 Å². The van der Waals surface area contributed by atoms with Crippen molar-refractivity contribution in [3.63, 3.8) is 0 Å². The quantitative estimate of drug-likeness (QED) is 0.274. The van der Waals surface area contributed by atoms with Crippen LogP contribution in [0.15, 0.2) is 40.3 Å². The van der Waals surface area contributed by atoms with Gasteiger partial charge in [-0.05, 0) is 33.8 Å². The Morgan fingerprint density at radius 3 is 2.42 bits per heavy atom. The summed E-state index contributed by atoms with van der Waals surface area (Å²) in [6, 6.07) is 0. The smallest absolute Gasteiger partial charge is 0.340 e. The third kappa shape index (κ3) is 5.99. The van der Waals surface area contributed by atoms with Gasteiger partial charge in [-0.3, -0.25) is 4.99 Å². The second kappa shape index (κ2) is 8.24. The fraction of sp³-hybridized carbons (Fsp3) is 0.429. The van der Waals surface area contributed by atoms with Crippen molar-refractivity contribution in [1.82, 2.24) is 5.32 Å². The Bertz CT molecular complexity index is 444. The monoisotopic (exact) mass is 268 g/mol. The summed E-state index contributed by atoms with van der Waals surface area (Å²) in [6.45, 7) is 10.5. The molecule has 0 aliphatic rings. The first kappa shape index (κ1) is 17.1. The van der Waals surface area contributed by atoms with Crippen LogP contribution in [0.1, 0.15) is 27.7 Å². The van der Waals surface area contributed by atoms with Gasteiger partial charge >= 0.3 is 5.97 Å². The van der Waals surface area contributed by atoms with E-state index >= 15 is 0 Å². The van der Waals surface area contributed by atoms with Crippen molar-refractivity contribution in [2.75, 3.05) is 13.7 Å². The highest BCUT2D eigenvalue weighted by Gasteiger charge is 2.16. The molecule has 0 spiro atoms. The summed E-state index contributed by atoms with van der Waals surface area (Å²) in [5, 5.41) is 2.79. The van der Waals surface area contributed by atoms with Crippen LogP contribution in [0.3, 0.4) is 0 Å². The Morgan fingerprint density at radius 2 is 2.00 bits per heavy atom.